The summed E-state index contributed by atoms with van der Waals surface area (Å²) in [5, 5.41) is 13.2. The van der Waals surface area contributed by atoms with Crippen molar-refractivity contribution in [2.75, 3.05) is 5.43 Å². The van der Waals surface area contributed by atoms with Crippen LogP contribution >= 0.6 is 0 Å². The molecule has 1 aromatic carbocycles. The number of hydrogen-bond acceptors (Lipinski definition) is 3. The molecule has 1 aromatic rings. The molecule has 4 rings (SSSR count). The molecule has 0 saturated heterocycles. The van der Waals surface area contributed by atoms with Crippen molar-refractivity contribution >= 4 is 17.9 Å². The van der Waals surface area contributed by atoms with E-state index in [2.05, 4.69) is 30.5 Å². The Labute approximate surface area is 124 Å². The predicted octanol–water partition coefficient (Wildman–Crippen LogP) is 3.77. The van der Waals surface area contributed by atoms with E-state index in [1.54, 1.807) is 18.2 Å². The van der Waals surface area contributed by atoms with Crippen LogP contribution in [0.5, 0.6) is 0 Å². The molecule has 2 N–H and O–H groups in total. The second-order valence-corrected chi connectivity index (χ2v) is 6.50. The number of aromatic carboxylic acids is 1. The van der Waals surface area contributed by atoms with Gasteiger partial charge in [0.15, 0.2) is 0 Å². The van der Waals surface area contributed by atoms with Gasteiger partial charge in [0.25, 0.3) is 0 Å². The standard InChI is InChI=1S/C17H20N2O2/c1-17(2)13-7-6-12(15(17)9-13)10-18-19-14-5-3-4-11(8-14)16(20)21/h3-6,8,10,13,15,19H,7,9H2,1-2H3,(H,20,21)/b18-10+. The summed E-state index contributed by atoms with van der Waals surface area (Å²) in [4.78, 5) is 10.9. The lowest BCUT2D eigenvalue weighted by Crippen LogP contribution is -2.48. The first-order valence-corrected chi connectivity index (χ1v) is 7.31. The van der Waals surface area contributed by atoms with E-state index in [0.29, 0.717) is 17.0 Å². The number of allylic oxidation sites excluding steroid dienone is 2. The first-order valence-electron chi connectivity index (χ1n) is 7.31. The molecule has 0 amide bonds. The first-order chi connectivity index (χ1) is 9.98. The summed E-state index contributed by atoms with van der Waals surface area (Å²) < 4.78 is 0. The highest BCUT2D eigenvalue weighted by molar-refractivity contribution is 5.89. The van der Waals surface area contributed by atoms with E-state index in [9.17, 15) is 4.79 Å². The van der Waals surface area contributed by atoms with Gasteiger partial charge in [-0.2, -0.15) is 5.10 Å². The van der Waals surface area contributed by atoms with Crippen LogP contribution in [0, 0.1) is 17.3 Å². The average Bonchev–Trinajstić information content (AvgIpc) is 2.47. The molecule has 110 valence electrons. The van der Waals surface area contributed by atoms with Gasteiger partial charge in [-0.05, 0) is 53.9 Å². The Morgan fingerprint density at radius 3 is 2.95 bits per heavy atom. The Morgan fingerprint density at radius 1 is 1.48 bits per heavy atom. The number of benzene rings is 1. The van der Waals surface area contributed by atoms with Gasteiger partial charge in [-0.3, -0.25) is 5.43 Å². The second-order valence-electron chi connectivity index (χ2n) is 6.50. The summed E-state index contributed by atoms with van der Waals surface area (Å²) >= 11 is 0. The maximum atomic E-state index is 10.9. The molecule has 4 nitrogen and oxygen atoms in total. The van der Waals surface area contributed by atoms with Crippen LogP contribution in [0.4, 0.5) is 5.69 Å². The zero-order valence-electron chi connectivity index (χ0n) is 12.3. The van der Waals surface area contributed by atoms with Gasteiger partial charge in [0, 0.05) is 0 Å². The Morgan fingerprint density at radius 2 is 2.29 bits per heavy atom. The number of fused-ring (bicyclic) bond motifs is 1. The fraction of sp³-hybridized carbons (Fsp3) is 0.412. The van der Waals surface area contributed by atoms with Crippen molar-refractivity contribution in [3.05, 3.63) is 41.5 Å². The molecular formula is C17H20N2O2. The van der Waals surface area contributed by atoms with Gasteiger partial charge in [0.05, 0.1) is 17.5 Å². The van der Waals surface area contributed by atoms with Crippen LogP contribution in [-0.2, 0) is 0 Å². The molecule has 3 aliphatic carbocycles. The summed E-state index contributed by atoms with van der Waals surface area (Å²) in [6.07, 6.45) is 6.57. The van der Waals surface area contributed by atoms with Crippen LogP contribution in [0.2, 0.25) is 0 Å². The van der Waals surface area contributed by atoms with Gasteiger partial charge in [-0.15, -0.1) is 0 Å². The molecule has 0 spiro atoms. The summed E-state index contributed by atoms with van der Waals surface area (Å²) in [6, 6.07) is 6.67. The largest absolute Gasteiger partial charge is 0.478 e. The number of hydrazone groups is 1. The monoisotopic (exact) mass is 284 g/mol. The molecule has 1 fully saturated rings. The van der Waals surface area contributed by atoms with Gasteiger partial charge in [0.1, 0.15) is 0 Å². The number of anilines is 1. The quantitative estimate of drug-likeness (QED) is 0.653. The van der Waals surface area contributed by atoms with Gasteiger partial charge >= 0.3 is 5.97 Å². The minimum absolute atomic E-state index is 0.259. The summed E-state index contributed by atoms with van der Waals surface area (Å²) in [6.45, 7) is 4.66. The maximum Gasteiger partial charge on any atom is 0.335 e. The van der Waals surface area contributed by atoms with Crippen molar-refractivity contribution in [3.8, 4) is 0 Å². The van der Waals surface area contributed by atoms with E-state index < -0.39 is 5.97 Å². The number of carbonyl (C=O) groups is 1. The van der Waals surface area contributed by atoms with Crippen molar-refractivity contribution in [1.29, 1.82) is 0 Å². The van der Waals surface area contributed by atoms with Crippen LogP contribution < -0.4 is 5.43 Å². The molecular weight excluding hydrogens is 264 g/mol. The van der Waals surface area contributed by atoms with Crippen molar-refractivity contribution in [3.63, 3.8) is 0 Å². The smallest absolute Gasteiger partial charge is 0.335 e. The Kier molecular flexibility index (Phi) is 3.32. The number of nitrogens with zero attached hydrogens (tertiary/aromatic N) is 1. The molecule has 21 heavy (non-hydrogen) atoms. The molecule has 0 radical (unpaired) electrons. The van der Waals surface area contributed by atoms with Crippen LogP contribution in [0.15, 0.2) is 41.0 Å². The Hall–Kier alpha value is -2.10. The van der Waals surface area contributed by atoms with E-state index >= 15 is 0 Å². The van der Waals surface area contributed by atoms with Crippen molar-refractivity contribution < 1.29 is 9.90 Å². The minimum atomic E-state index is -0.931. The van der Waals surface area contributed by atoms with E-state index in [1.807, 2.05) is 12.3 Å². The van der Waals surface area contributed by atoms with E-state index in [4.69, 9.17) is 5.11 Å². The maximum absolute atomic E-state index is 10.9. The number of carboxylic acid groups (broad SMARTS) is 1. The van der Waals surface area contributed by atoms with Gasteiger partial charge in [-0.1, -0.05) is 26.0 Å². The molecule has 2 atom stereocenters. The van der Waals surface area contributed by atoms with E-state index in [1.165, 1.54) is 12.0 Å². The molecule has 0 aliphatic heterocycles. The normalized spacial score (nSPS) is 26.1. The molecule has 0 heterocycles. The third kappa shape index (κ3) is 2.46. The lowest BCUT2D eigenvalue weighted by atomic mass is 9.49. The predicted molar refractivity (Wildman–Crippen MR) is 83.6 cm³/mol. The third-order valence-corrected chi connectivity index (χ3v) is 5.03. The Bertz CT molecular complexity index is 631. The van der Waals surface area contributed by atoms with Crippen LogP contribution in [0.1, 0.15) is 37.0 Å². The van der Waals surface area contributed by atoms with E-state index in [-0.39, 0.29) is 5.56 Å². The van der Waals surface area contributed by atoms with Crippen molar-refractivity contribution in [2.24, 2.45) is 22.4 Å². The van der Waals surface area contributed by atoms with Crippen LogP contribution in [-0.4, -0.2) is 17.3 Å². The zero-order valence-corrected chi connectivity index (χ0v) is 12.3. The number of nitrogens with one attached hydrogen (secondary N) is 1. The van der Waals surface area contributed by atoms with Gasteiger partial charge < -0.3 is 5.11 Å². The fourth-order valence-corrected chi connectivity index (χ4v) is 3.45. The third-order valence-electron chi connectivity index (χ3n) is 5.03. The summed E-state index contributed by atoms with van der Waals surface area (Å²) in [5.74, 6) is 0.492. The second kappa shape index (κ2) is 5.02. The lowest BCUT2D eigenvalue weighted by Gasteiger charge is -2.55. The highest BCUT2D eigenvalue weighted by Crippen LogP contribution is 2.58. The molecule has 2 bridgehead atoms. The number of rotatable bonds is 4. The van der Waals surface area contributed by atoms with Crippen molar-refractivity contribution in [2.45, 2.75) is 26.7 Å². The minimum Gasteiger partial charge on any atom is -0.478 e. The molecule has 3 aliphatic rings. The van der Waals surface area contributed by atoms with Gasteiger partial charge in [0.2, 0.25) is 0 Å². The van der Waals surface area contributed by atoms with Gasteiger partial charge in [-0.25, -0.2) is 4.79 Å². The molecule has 1 saturated carbocycles. The van der Waals surface area contributed by atoms with E-state index in [0.717, 1.165) is 12.3 Å². The fourth-order valence-electron chi connectivity index (χ4n) is 3.45. The topological polar surface area (TPSA) is 61.7 Å². The number of hydrogen-bond donors (Lipinski definition) is 2. The molecule has 2 unspecified atom stereocenters. The van der Waals surface area contributed by atoms with Crippen LogP contribution in [0.25, 0.3) is 0 Å². The Balaban J connectivity index is 1.67. The first kappa shape index (κ1) is 13.9. The molecule has 4 heteroatoms. The highest BCUT2D eigenvalue weighted by Gasteiger charge is 2.50. The summed E-state index contributed by atoms with van der Waals surface area (Å²) in [5.41, 5.74) is 5.55. The summed E-state index contributed by atoms with van der Waals surface area (Å²) in [7, 11) is 0. The zero-order chi connectivity index (χ0) is 15.0. The van der Waals surface area contributed by atoms with Crippen LogP contribution in [0.3, 0.4) is 0 Å². The highest BCUT2D eigenvalue weighted by atomic mass is 16.4. The van der Waals surface area contributed by atoms with Crippen molar-refractivity contribution in [1.82, 2.24) is 0 Å². The SMILES string of the molecule is CC1(C)C2CC=C(/C=N/Nc3cccc(C(=O)O)c3)C1C2. The number of carboxylic acids is 1. The molecule has 0 aromatic heterocycles. The average molecular weight is 284 g/mol. The lowest BCUT2D eigenvalue weighted by molar-refractivity contribution is -0.00124.